The topological polar surface area (TPSA) is 23.5 Å². The van der Waals surface area contributed by atoms with Crippen LogP contribution in [0.15, 0.2) is 16.6 Å². The Balaban J connectivity index is 2.18. The number of likely N-dealkylation sites (tertiary alicyclic amines) is 1. The fraction of sp³-hybridized carbons (Fsp3) is 0.600. The molecule has 1 aromatic carbocycles. The predicted molar refractivity (Wildman–Crippen MR) is 78.7 cm³/mol. The van der Waals surface area contributed by atoms with Gasteiger partial charge in [0.1, 0.15) is 11.6 Å². The van der Waals surface area contributed by atoms with E-state index in [1.165, 1.54) is 12.1 Å². The second kappa shape index (κ2) is 6.50. The van der Waals surface area contributed by atoms with Gasteiger partial charge in [-0.1, -0.05) is 6.92 Å². The molecule has 0 saturated carbocycles. The predicted octanol–water partition coefficient (Wildman–Crippen LogP) is 3.51. The van der Waals surface area contributed by atoms with E-state index in [-0.39, 0.29) is 16.5 Å². The number of hydrogen-bond acceptors (Lipinski definition) is 2. The lowest BCUT2D eigenvalue weighted by Gasteiger charge is -2.27. The minimum Gasteiger partial charge on any atom is -0.389 e. The van der Waals surface area contributed by atoms with E-state index in [2.05, 4.69) is 27.8 Å². The van der Waals surface area contributed by atoms with Crippen molar-refractivity contribution in [1.82, 2.24) is 4.90 Å². The van der Waals surface area contributed by atoms with E-state index in [0.29, 0.717) is 12.8 Å². The zero-order valence-corrected chi connectivity index (χ0v) is 13.2. The van der Waals surface area contributed by atoms with Crippen molar-refractivity contribution in [3.63, 3.8) is 0 Å². The highest BCUT2D eigenvalue weighted by Crippen LogP contribution is 2.30. The van der Waals surface area contributed by atoms with Crippen LogP contribution in [-0.2, 0) is 6.42 Å². The van der Waals surface area contributed by atoms with Gasteiger partial charge in [0, 0.05) is 18.5 Å². The molecule has 1 aliphatic rings. The Bertz CT molecular complexity index is 483. The number of benzene rings is 1. The molecule has 1 heterocycles. The van der Waals surface area contributed by atoms with Gasteiger partial charge in [-0.05, 0) is 60.4 Å². The van der Waals surface area contributed by atoms with E-state index in [1.54, 1.807) is 0 Å². The van der Waals surface area contributed by atoms with Crippen molar-refractivity contribution in [3.05, 3.63) is 33.8 Å². The minimum absolute atomic E-state index is 0.0215. The highest BCUT2D eigenvalue weighted by Gasteiger charge is 2.32. The zero-order valence-electron chi connectivity index (χ0n) is 11.6. The van der Waals surface area contributed by atoms with E-state index < -0.39 is 17.2 Å². The van der Waals surface area contributed by atoms with E-state index in [0.717, 1.165) is 26.1 Å². The summed E-state index contributed by atoms with van der Waals surface area (Å²) < 4.78 is 28.1. The Kier molecular flexibility index (Phi) is 5.15. The van der Waals surface area contributed by atoms with Crippen LogP contribution in [-0.4, -0.2) is 35.2 Å². The van der Waals surface area contributed by atoms with Crippen molar-refractivity contribution in [2.75, 3.05) is 19.6 Å². The van der Waals surface area contributed by atoms with E-state index in [9.17, 15) is 13.9 Å². The average molecular weight is 348 g/mol. The van der Waals surface area contributed by atoms with E-state index in [4.69, 9.17) is 0 Å². The third-order valence-electron chi connectivity index (χ3n) is 4.10. The smallest absolute Gasteiger partial charge is 0.143 e. The quantitative estimate of drug-likeness (QED) is 0.845. The average Bonchev–Trinajstić information content (AvgIpc) is 2.61. The lowest BCUT2D eigenvalue weighted by atomic mass is 9.87. The van der Waals surface area contributed by atoms with Gasteiger partial charge in [-0.3, -0.25) is 0 Å². The molecule has 1 atom stereocenters. The molecule has 1 unspecified atom stereocenters. The molecule has 1 fully saturated rings. The highest BCUT2D eigenvalue weighted by molar-refractivity contribution is 9.10. The summed E-state index contributed by atoms with van der Waals surface area (Å²) in [6, 6.07) is 2.59. The van der Waals surface area contributed by atoms with Crippen LogP contribution in [0, 0.1) is 11.6 Å². The summed E-state index contributed by atoms with van der Waals surface area (Å²) in [6.07, 6.45) is 2.00. The lowest BCUT2D eigenvalue weighted by Crippen LogP contribution is -2.34. The number of nitrogens with zero attached hydrogens (tertiary/aromatic N) is 1. The van der Waals surface area contributed by atoms with Gasteiger partial charge in [0.2, 0.25) is 0 Å². The molecule has 1 aromatic rings. The van der Waals surface area contributed by atoms with Crippen LogP contribution in [0.1, 0.15) is 31.7 Å². The molecule has 1 aliphatic heterocycles. The van der Waals surface area contributed by atoms with Gasteiger partial charge in [-0.15, -0.1) is 0 Å². The van der Waals surface area contributed by atoms with Gasteiger partial charge < -0.3 is 10.0 Å². The molecule has 2 rings (SSSR count). The lowest BCUT2D eigenvalue weighted by molar-refractivity contribution is 0.0242. The number of halogens is 3. The highest BCUT2D eigenvalue weighted by atomic mass is 79.9. The number of rotatable bonds is 3. The van der Waals surface area contributed by atoms with Crippen LogP contribution in [0.3, 0.4) is 0 Å². The molecular formula is C15H20BrF2NO. The fourth-order valence-electron chi connectivity index (χ4n) is 2.79. The SMILES string of the molecule is CCN1CCCC(O)(Cc2c(F)ccc(Br)c2F)CC1. The minimum atomic E-state index is -1.02. The molecule has 0 aliphatic carbocycles. The van der Waals surface area contributed by atoms with Crippen molar-refractivity contribution in [1.29, 1.82) is 0 Å². The Labute approximate surface area is 126 Å². The van der Waals surface area contributed by atoms with Gasteiger partial charge in [-0.2, -0.15) is 0 Å². The Morgan fingerprint density at radius 3 is 2.75 bits per heavy atom. The standard InChI is InChI=1S/C15H20BrF2NO/c1-2-19-8-3-6-15(20,7-9-19)10-11-13(17)5-4-12(16)14(11)18/h4-5,20H,2-3,6-10H2,1H3. The van der Waals surface area contributed by atoms with Crippen molar-refractivity contribution < 1.29 is 13.9 Å². The van der Waals surface area contributed by atoms with Crippen LogP contribution in [0.2, 0.25) is 0 Å². The summed E-state index contributed by atoms with van der Waals surface area (Å²) in [5.41, 5.74) is -1.04. The molecule has 0 radical (unpaired) electrons. The first-order chi connectivity index (χ1) is 9.45. The van der Waals surface area contributed by atoms with Crippen LogP contribution in [0.5, 0.6) is 0 Å². The zero-order chi connectivity index (χ0) is 14.8. The molecule has 20 heavy (non-hydrogen) atoms. The maximum Gasteiger partial charge on any atom is 0.143 e. The first-order valence-electron chi connectivity index (χ1n) is 7.02. The van der Waals surface area contributed by atoms with Crippen molar-refractivity contribution in [3.8, 4) is 0 Å². The fourth-order valence-corrected chi connectivity index (χ4v) is 3.16. The van der Waals surface area contributed by atoms with Crippen LogP contribution >= 0.6 is 15.9 Å². The van der Waals surface area contributed by atoms with Gasteiger partial charge >= 0.3 is 0 Å². The third kappa shape index (κ3) is 3.57. The molecular weight excluding hydrogens is 328 g/mol. The number of hydrogen-bond donors (Lipinski definition) is 1. The van der Waals surface area contributed by atoms with Crippen molar-refractivity contribution in [2.24, 2.45) is 0 Å². The molecule has 0 spiro atoms. The molecule has 112 valence electrons. The Hall–Kier alpha value is -0.520. The molecule has 1 N–H and O–H groups in total. The Morgan fingerprint density at radius 2 is 2.05 bits per heavy atom. The third-order valence-corrected chi connectivity index (χ3v) is 4.71. The second-order valence-corrected chi connectivity index (χ2v) is 6.37. The summed E-state index contributed by atoms with van der Waals surface area (Å²) in [4.78, 5) is 2.26. The molecule has 5 heteroatoms. The largest absolute Gasteiger partial charge is 0.389 e. The Morgan fingerprint density at radius 1 is 1.30 bits per heavy atom. The van der Waals surface area contributed by atoms with E-state index in [1.807, 2.05) is 0 Å². The molecule has 0 aromatic heterocycles. The maximum absolute atomic E-state index is 14.0. The summed E-state index contributed by atoms with van der Waals surface area (Å²) >= 11 is 3.07. The van der Waals surface area contributed by atoms with E-state index >= 15 is 0 Å². The van der Waals surface area contributed by atoms with Gasteiger partial charge in [0.15, 0.2) is 0 Å². The molecule has 0 bridgehead atoms. The van der Waals surface area contributed by atoms with Crippen LogP contribution < -0.4 is 0 Å². The first-order valence-corrected chi connectivity index (χ1v) is 7.81. The number of aliphatic hydroxyl groups is 1. The molecule has 2 nitrogen and oxygen atoms in total. The molecule has 1 saturated heterocycles. The summed E-state index contributed by atoms with van der Waals surface area (Å²) in [7, 11) is 0. The van der Waals surface area contributed by atoms with Crippen LogP contribution in [0.25, 0.3) is 0 Å². The van der Waals surface area contributed by atoms with Gasteiger partial charge in [0.05, 0.1) is 10.1 Å². The maximum atomic E-state index is 14.0. The van der Waals surface area contributed by atoms with Crippen molar-refractivity contribution in [2.45, 2.75) is 38.2 Å². The van der Waals surface area contributed by atoms with Gasteiger partial charge in [-0.25, -0.2) is 8.78 Å². The first kappa shape index (κ1) is 15.9. The summed E-state index contributed by atoms with van der Waals surface area (Å²) in [5.74, 6) is -1.19. The second-order valence-electron chi connectivity index (χ2n) is 5.51. The van der Waals surface area contributed by atoms with Crippen LogP contribution in [0.4, 0.5) is 8.78 Å². The molecule has 0 amide bonds. The summed E-state index contributed by atoms with van der Waals surface area (Å²) in [6.45, 7) is 4.72. The van der Waals surface area contributed by atoms with Crippen molar-refractivity contribution >= 4 is 15.9 Å². The monoisotopic (exact) mass is 347 g/mol. The normalized spacial score (nSPS) is 24.6. The van der Waals surface area contributed by atoms with Gasteiger partial charge in [0.25, 0.3) is 0 Å². The summed E-state index contributed by atoms with van der Waals surface area (Å²) in [5, 5.41) is 10.7.